The van der Waals surface area contributed by atoms with E-state index in [1.54, 1.807) is 13.0 Å². The van der Waals surface area contributed by atoms with Crippen LogP contribution in [0.3, 0.4) is 0 Å². The highest BCUT2D eigenvalue weighted by molar-refractivity contribution is 7.13. The van der Waals surface area contributed by atoms with Crippen molar-refractivity contribution < 1.29 is 27.1 Å². The van der Waals surface area contributed by atoms with Crippen molar-refractivity contribution in [1.82, 2.24) is 4.98 Å². The highest BCUT2D eigenvalue weighted by atomic mass is 32.1. The second kappa shape index (κ2) is 6.39. The van der Waals surface area contributed by atoms with E-state index in [2.05, 4.69) is 10.3 Å². The molecule has 0 saturated carbocycles. The van der Waals surface area contributed by atoms with Gasteiger partial charge in [-0.3, -0.25) is 10.1 Å². The Morgan fingerprint density at radius 1 is 1.29 bits per heavy atom. The van der Waals surface area contributed by atoms with Crippen molar-refractivity contribution in [2.24, 2.45) is 0 Å². The van der Waals surface area contributed by atoms with Crippen LogP contribution in [0.5, 0.6) is 5.75 Å². The molecule has 0 aliphatic heterocycles. The van der Waals surface area contributed by atoms with Gasteiger partial charge < -0.3 is 4.74 Å². The maximum Gasteiger partial charge on any atom is 0.434 e. The Hall–Kier alpha value is -2.16. The number of ether oxygens (including phenoxy) is 1. The van der Waals surface area contributed by atoms with E-state index in [0.717, 1.165) is 5.38 Å². The molecular formula is C15H14F4N2O2S. The fraction of sp³-hybridized carbons (Fsp3) is 0.333. The zero-order chi connectivity index (χ0) is 18.1. The predicted molar refractivity (Wildman–Crippen MR) is 81.6 cm³/mol. The molecule has 0 aliphatic carbocycles. The summed E-state index contributed by atoms with van der Waals surface area (Å²) in [4.78, 5) is 15.5. The molecule has 0 radical (unpaired) electrons. The number of hydrogen-bond donors (Lipinski definition) is 1. The van der Waals surface area contributed by atoms with Gasteiger partial charge in [-0.25, -0.2) is 9.37 Å². The number of nitrogens with zero attached hydrogens (tertiary/aromatic N) is 1. The molecule has 1 aromatic heterocycles. The van der Waals surface area contributed by atoms with E-state index >= 15 is 0 Å². The summed E-state index contributed by atoms with van der Waals surface area (Å²) in [5, 5.41) is 2.83. The van der Waals surface area contributed by atoms with Crippen LogP contribution in [0.1, 0.15) is 25.1 Å². The van der Waals surface area contributed by atoms with Crippen LogP contribution < -0.4 is 10.1 Å². The van der Waals surface area contributed by atoms with E-state index < -0.39 is 29.2 Å². The number of amides is 1. The van der Waals surface area contributed by atoms with Crippen LogP contribution in [-0.4, -0.2) is 16.5 Å². The number of alkyl halides is 3. The lowest BCUT2D eigenvalue weighted by atomic mass is 10.1. The van der Waals surface area contributed by atoms with Gasteiger partial charge in [-0.1, -0.05) is 6.07 Å². The van der Waals surface area contributed by atoms with Crippen molar-refractivity contribution in [2.75, 3.05) is 5.32 Å². The summed E-state index contributed by atoms with van der Waals surface area (Å²) in [6.07, 6.45) is -4.59. The Bertz CT molecular complexity index is 756. The molecule has 0 aliphatic rings. The normalized spacial score (nSPS) is 12.1. The minimum Gasteiger partial charge on any atom is -0.475 e. The molecule has 0 unspecified atom stereocenters. The Labute approximate surface area is 139 Å². The molecule has 0 bridgehead atoms. The number of aromatic nitrogens is 1. The number of carbonyl (C=O) groups is 1. The quantitative estimate of drug-likeness (QED) is 0.820. The van der Waals surface area contributed by atoms with E-state index in [0.29, 0.717) is 16.9 Å². The summed E-state index contributed by atoms with van der Waals surface area (Å²) in [5.74, 6) is -1.51. The van der Waals surface area contributed by atoms with Crippen LogP contribution in [0, 0.1) is 12.7 Å². The molecule has 1 N–H and O–H groups in total. The molecule has 9 heteroatoms. The summed E-state index contributed by atoms with van der Waals surface area (Å²) in [5.41, 5.74) is -1.92. The first-order chi connectivity index (χ1) is 11.0. The number of anilines is 1. The molecule has 130 valence electrons. The monoisotopic (exact) mass is 362 g/mol. The van der Waals surface area contributed by atoms with Crippen molar-refractivity contribution in [3.8, 4) is 5.75 Å². The summed E-state index contributed by atoms with van der Waals surface area (Å²) in [7, 11) is 0. The number of halogens is 4. The lowest BCUT2D eigenvalue weighted by molar-refractivity contribution is -0.140. The molecule has 0 fully saturated rings. The van der Waals surface area contributed by atoms with Crippen LogP contribution in [-0.2, 0) is 11.0 Å². The average Bonchev–Trinajstić information content (AvgIpc) is 2.90. The van der Waals surface area contributed by atoms with Gasteiger partial charge in [0.1, 0.15) is 0 Å². The third kappa shape index (κ3) is 4.22. The number of benzene rings is 1. The predicted octanol–water partition coefficient (Wildman–Crippen LogP) is 4.41. The first kappa shape index (κ1) is 18.2. The van der Waals surface area contributed by atoms with Gasteiger partial charge in [0.25, 0.3) is 5.91 Å². The van der Waals surface area contributed by atoms with Gasteiger partial charge >= 0.3 is 6.18 Å². The van der Waals surface area contributed by atoms with Gasteiger partial charge in [0.15, 0.2) is 28.0 Å². The number of aryl methyl sites for hydroxylation is 1. The Morgan fingerprint density at radius 2 is 1.96 bits per heavy atom. The molecule has 1 amide bonds. The Kier molecular flexibility index (Phi) is 4.84. The minimum absolute atomic E-state index is 0.129. The van der Waals surface area contributed by atoms with Gasteiger partial charge in [0.05, 0.1) is 0 Å². The summed E-state index contributed by atoms with van der Waals surface area (Å²) in [6, 6.07) is 4.24. The maximum absolute atomic E-state index is 13.8. The van der Waals surface area contributed by atoms with E-state index in [9.17, 15) is 22.4 Å². The van der Waals surface area contributed by atoms with Crippen molar-refractivity contribution in [1.29, 1.82) is 0 Å². The number of thiazole rings is 1. The molecule has 0 spiro atoms. The molecule has 24 heavy (non-hydrogen) atoms. The van der Waals surface area contributed by atoms with E-state index in [4.69, 9.17) is 4.74 Å². The zero-order valence-electron chi connectivity index (χ0n) is 13.0. The van der Waals surface area contributed by atoms with Gasteiger partial charge in [0, 0.05) is 5.38 Å². The fourth-order valence-corrected chi connectivity index (χ4v) is 2.43. The van der Waals surface area contributed by atoms with E-state index in [-0.39, 0.29) is 10.9 Å². The molecule has 0 saturated heterocycles. The van der Waals surface area contributed by atoms with Gasteiger partial charge in [-0.2, -0.15) is 13.2 Å². The van der Waals surface area contributed by atoms with Crippen LogP contribution in [0.15, 0.2) is 23.6 Å². The first-order valence-corrected chi connectivity index (χ1v) is 7.66. The van der Waals surface area contributed by atoms with Gasteiger partial charge in [-0.15, -0.1) is 11.3 Å². The first-order valence-electron chi connectivity index (χ1n) is 6.78. The largest absolute Gasteiger partial charge is 0.475 e. The standard InChI is InChI=1S/C15H14F4N2O2S/c1-8-4-5-10(9(16)6-8)23-14(2,3)12(22)21-13-20-11(7-24-13)15(17,18)19/h4-7H,1-3H3,(H,20,21,22). The Morgan fingerprint density at radius 3 is 2.50 bits per heavy atom. The SMILES string of the molecule is Cc1ccc(OC(C)(C)C(=O)Nc2nc(C(F)(F)F)cs2)c(F)c1. The molecule has 1 heterocycles. The topological polar surface area (TPSA) is 51.2 Å². The molecule has 2 aromatic rings. The molecule has 2 rings (SSSR count). The number of rotatable bonds is 4. The van der Waals surface area contributed by atoms with Crippen LogP contribution in [0.25, 0.3) is 0 Å². The third-order valence-electron chi connectivity index (χ3n) is 3.01. The van der Waals surface area contributed by atoms with E-state index in [1.165, 1.54) is 26.0 Å². The minimum atomic E-state index is -4.59. The average molecular weight is 362 g/mol. The fourth-order valence-electron chi connectivity index (χ4n) is 1.72. The molecule has 1 aromatic carbocycles. The summed E-state index contributed by atoms with van der Waals surface area (Å²) in [6.45, 7) is 4.45. The lowest BCUT2D eigenvalue weighted by Crippen LogP contribution is -2.42. The van der Waals surface area contributed by atoms with Gasteiger partial charge in [0.2, 0.25) is 0 Å². The van der Waals surface area contributed by atoms with Crippen molar-refractivity contribution >= 4 is 22.4 Å². The zero-order valence-corrected chi connectivity index (χ0v) is 13.8. The van der Waals surface area contributed by atoms with Crippen LogP contribution >= 0.6 is 11.3 Å². The maximum atomic E-state index is 13.8. The Balaban J connectivity index is 2.11. The highest BCUT2D eigenvalue weighted by Gasteiger charge is 2.35. The van der Waals surface area contributed by atoms with Crippen molar-refractivity contribution in [3.63, 3.8) is 0 Å². The van der Waals surface area contributed by atoms with Crippen LogP contribution in [0.2, 0.25) is 0 Å². The second-order valence-corrected chi connectivity index (χ2v) is 6.39. The molecule has 4 nitrogen and oxygen atoms in total. The summed E-state index contributed by atoms with van der Waals surface area (Å²) < 4.78 is 56.7. The molecular weight excluding hydrogens is 348 g/mol. The van der Waals surface area contributed by atoms with Crippen molar-refractivity contribution in [3.05, 3.63) is 40.7 Å². The highest BCUT2D eigenvalue weighted by Crippen LogP contribution is 2.32. The third-order valence-corrected chi connectivity index (χ3v) is 3.77. The van der Waals surface area contributed by atoms with E-state index in [1.807, 2.05) is 0 Å². The molecule has 0 atom stereocenters. The second-order valence-electron chi connectivity index (χ2n) is 5.54. The van der Waals surface area contributed by atoms with Crippen LogP contribution in [0.4, 0.5) is 22.7 Å². The number of nitrogens with one attached hydrogen (secondary N) is 1. The number of carbonyl (C=O) groups excluding carboxylic acids is 1. The summed E-state index contributed by atoms with van der Waals surface area (Å²) >= 11 is 0.640. The number of hydrogen-bond acceptors (Lipinski definition) is 4. The van der Waals surface area contributed by atoms with Gasteiger partial charge in [-0.05, 0) is 38.5 Å². The smallest absolute Gasteiger partial charge is 0.434 e. The van der Waals surface area contributed by atoms with Crippen molar-refractivity contribution in [2.45, 2.75) is 32.5 Å². The lowest BCUT2D eigenvalue weighted by Gasteiger charge is -2.25.